The summed E-state index contributed by atoms with van der Waals surface area (Å²) in [6.07, 6.45) is 2.35. The first-order valence-electron chi connectivity index (χ1n) is 17.8. The highest BCUT2D eigenvalue weighted by molar-refractivity contribution is 5.90. The van der Waals surface area contributed by atoms with Crippen molar-refractivity contribution in [3.8, 4) is 11.1 Å². The van der Waals surface area contributed by atoms with Crippen molar-refractivity contribution in [3.05, 3.63) is 181 Å². The van der Waals surface area contributed by atoms with Crippen LogP contribution in [0.1, 0.15) is 51.7 Å². The number of rotatable bonds is 7. The lowest BCUT2D eigenvalue weighted by atomic mass is 9.62. The number of hydrogen-bond donors (Lipinski definition) is 0. The van der Waals surface area contributed by atoms with E-state index in [0.717, 1.165) is 29.2 Å². The normalized spacial score (nSPS) is 14.6. The Morgan fingerprint density at radius 2 is 0.860 bits per heavy atom. The van der Waals surface area contributed by atoms with Gasteiger partial charge in [0.15, 0.2) is 0 Å². The first-order valence-corrected chi connectivity index (χ1v) is 17.8. The summed E-state index contributed by atoms with van der Waals surface area (Å²) in [7, 11) is 0. The Morgan fingerprint density at radius 3 is 1.46 bits per heavy atom. The Labute approximate surface area is 297 Å². The summed E-state index contributed by atoms with van der Waals surface area (Å²) in [5.41, 5.74) is 12.5. The lowest BCUT2D eigenvalue weighted by Crippen LogP contribution is -2.35. The Balaban J connectivity index is 1.20. The van der Waals surface area contributed by atoms with Gasteiger partial charge in [-0.05, 0) is 123 Å². The van der Waals surface area contributed by atoms with Gasteiger partial charge < -0.3 is 9.80 Å². The molecule has 0 aromatic heterocycles. The molecule has 0 saturated heterocycles. The van der Waals surface area contributed by atoms with Gasteiger partial charge in [-0.3, -0.25) is 0 Å². The van der Waals surface area contributed by atoms with Crippen LogP contribution in [-0.2, 0) is 10.8 Å². The molecule has 0 amide bonds. The van der Waals surface area contributed by atoms with Crippen molar-refractivity contribution in [2.75, 3.05) is 9.80 Å². The first kappa shape index (κ1) is 31.7. The number of para-hydroxylation sites is 2. The summed E-state index contributed by atoms with van der Waals surface area (Å²) in [4.78, 5) is 4.79. The molecule has 0 bridgehead atoms. The van der Waals surface area contributed by atoms with Gasteiger partial charge in [-0.15, -0.1) is 0 Å². The zero-order valence-corrected chi connectivity index (χ0v) is 29.5. The van der Waals surface area contributed by atoms with E-state index in [1.165, 1.54) is 50.8 Å². The number of benzene rings is 7. The summed E-state index contributed by atoms with van der Waals surface area (Å²) >= 11 is 0. The van der Waals surface area contributed by atoms with E-state index in [2.05, 4.69) is 207 Å². The van der Waals surface area contributed by atoms with Crippen molar-refractivity contribution < 1.29 is 0 Å². The highest BCUT2D eigenvalue weighted by Crippen LogP contribution is 2.52. The SMILES string of the molecule is CC1(C)CCC(C)(C)c2c(N(c3ccc(-c4ccc(N(c5ccccc5)c5ccccc5)cc4)cc3)c3ccc4ccccc4c3)cccc21. The van der Waals surface area contributed by atoms with Gasteiger partial charge in [0.25, 0.3) is 0 Å². The van der Waals surface area contributed by atoms with E-state index >= 15 is 0 Å². The fourth-order valence-electron chi connectivity index (χ4n) is 7.84. The first-order chi connectivity index (χ1) is 24.3. The Kier molecular flexibility index (Phi) is 8.04. The summed E-state index contributed by atoms with van der Waals surface area (Å²) in [5, 5.41) is 2.50. The Morgan fingerprint density at radius 1 is 0.380 bits per heavy atom. The second-order valence-electron chi connectivity index (χ2n) is 14.9. The Bertz CT molecular complexity index is 2210. The van der Waals surface area contributed by atoms with Crippen LogP contribution in [0, 0.1) is 0 Å². The summed E-state index contributed by atoms with van der Waals surface area (Å²) < 4.78 is 0. The van der Waals surface area contributed by atoms with Gasteiger partial charge in [-0.2, -0.15) is 0 Å². The number of nitrogens with zero attached hydrogens (tertiary/aromatic N) is 2. The van der Waals surface area contributed by atoms with E-state index in [1.54, 1.807) is 0 Å². The van der Waals surface area contributed by atoms with E-state index < -0.39 is 0 Å². The number of hydrogen-bond acceptors (Lipinski definition) is 2. The van der Waals surface area contributed by atoms with Crippen LogP contribution >= 0.6 is 0 Å². The second kappa shape index (κ2) is 12.7. The van der Waals surface area contributed by atoms with Gasteiger partial charge in [-0.1, -0.05) is 131 Å². The van der Waals surface area contributed by atoms with Crippen molar-refractivity contribution >= 4 is 44.9 Å². The lowest BCUT2D eigenvalue weighted by Gasteiger charge is -2.44. The maximum absolute atomic E-state index is 2.49. The molecule has 2 heteroatoms. The minimum atomic E-state index is 0.0611. The average molecular weight is 649 g/mol. The summed E-state index contributed by atoms with van der Waals surface area (Å²) in [5.74, 6) is 0. The van der Waals surface area contributed by atoms with Gasteiger partial charge in [0.2, 0.25) is 0 Å². The van der Waals surface area contributed by atoms with Crippen molar-refractivity contribution in [3.63, 3.8) is 0 Å². The number of fused-ring (bicyclic) bond motifs is 2. The quantitative estimate of drug-likeness (QED) is 0.170. The smallest absolute Gasteiger partial charge is 0.0502 e. The molecule has 8 rings (SSSR count). The molecular weight excluding hydrogens is 605 g/mol. The van der Waals surface area contributed by atoms with E-state index in [-0.39, 0.29) is 10.8 Å². The van der Waals surface area contributed by atoms with Gasteiger partial charge in [0.05, 0.1) is 5.69 Å². The fourth-order valence-corrected chi connectivity index (χ4v) is 7.84. The molecule has 0 spiro atoms. The monoisotopic (exact) mass is 648 g/mol. The molecule has 50 heavy (non-hydrogen) atoms. The van der Waals surface area contributed by atoms with Crippen molar-refractivity contribution in [1.29, 1.82) is 0 Å². The Hall–Kier alpha value is -5.60. The van der Waals surface area contributed by atoms with Crippen LogP contribution in [0.3, 0.4) is 0 Å². The van der Waals surface area contributed by atoms with E-state index in [0.29, 0.717) is 0 Å². The molecule has 0 fully saturated rings. The minimum absolute atomic E-state index is 0.0611. The zero-order chi connectivity index (χ0) is 34.3. The molecule has 1 aliphatic carbocycles. The van der Waals surface area contributed by atoms with Crippen molar-refractivity contribution in [2.24, 2.45) is 0 Å². The summed E-state index contributed by atoms with van der Waals surface area (Å²) in [6, 6.07) is 61.7. The summed E-state index contributed by atoms with van der Waals surface area (Å²) in [6.45, 7) is 9.66. The highest BCUT2D eigenvalue weighted by atomic mass is 15.1. The number of anilines is 6. The third-order valence-electron chi connectivity index (χ3n) is 10.7. The molecule has 0 atom stereocenters. The topological polar surface area (TPSA) is 6.48 Å². The van der Waals surface area contributed by atoms with E-state index in [9.17, 15) is 0 Å². The predicted octanol–water partition coefficient (Wildman–Crippen LogP) is 13.8. The fraction of sp³-hybridized carbons (Fsp3) is 0.167. The molecule has 246 valence electrons. The van der Waals surface area contributed by atoms with Gasteiger partial charge >= 0.3 is 0 Å². The third kappa shape index (κ3) is 5.86. The van der Waals surface area contributed by atoms with Gasteiger partial charge in [0.1, 0.15) is 0 Å². The van der Waals surface area contributed by atoms with Crippen LogP contribution in [0.15, 0.2) is 170 Å². The van der Waals surface area contributed by atoms with Crippen LogP contribution in [0.5, 0.6) is 0 Å². The third-order valence-corrected chi connectivity index (χ3v) is 10.7. The zero-order valence-electron chi connectivity index (χ0n) is 29.5. The molecule has 7 aromatic carbocycles. The van der Waals surface area contributed by atoms with Crippen LogP contribution < -0.4 is 9.80 Å². The molecule has 0 saturated carbocycles. The van der Waals surface area contributed by atoms with E-state index in [1.807, 2.05) is 0 Å². The minimum Gasteiger partial charge on any atom is -0.311 e. The molecular formula is C48H44N2. The van der Waals surface area contributed by atoms with Crippen LogP contribution in [0.2, 0.25) is 0 Å². The predicted molar refractivity (Wildman–Crippen MR) is 214 cm³/mol. The van der Waals surface area contributed by atoms with Crippen molar-refractivity contribution in [2.45, 2.75) is 51.4 Å². The van der Waals surface area contributed by atoms with Gasteiger partial charge in [0, 0.05) is 28.4 Å². The van der Waals surface area contributed by atoms with E-state index in [4.69, 9.17) is 0 Å². The standard InChI is InChI=1S/C48H44N2/c1-47(2)32-33-48(3,4)46-44(47)20-13-21-45(46)50(43-31-26-35-14-11-12-15-38(35)34-43)42-29-24-37(25-30-42)36-22-27-41(28-23-36)49(39-16-7-5-8-17-39)40-18-9-6-10-19-40/h5-31,34H,32-33H2,1-4H3. The van der Waals surface area contributed by atoms with Crippen LogP contribution in [0.25, 0.3) is 21.9 Å². The molecule has 0 radical (unpaired) electrons. The second-order valence-corrected chi connectivity index (χ2v) is 14.9. The molecule has 0 unspecified atom stereocenters. The van der Waals surface area contributed by atoms with Crippen LogP contribution in [0.4, 0.5) is 34.1 Å². The van der Waals surface area contributed by atoms with Crippen molar-refractivity contribution in [1.82, 2.24) is 0 Å². The van der Waals surface area contributed by atoms with Gasteiger partial charge in [-0.25, -0.2) is 0 Å². The molecule has 7 aromatic rings. The maximum Gasteiger partial charge on any atom is 0.0502 e. The maximum atomic E-state index is 2.49. The largest absolute Gasteiger partial charge is 0.311 e. The lowest BCUT2D eigenvalue weighted by molar-refractivity contribution is 0.332. The molecule has 0 N–H and O–H groups in total. The molecule has 0 aliphatic heterocycles. The molecule has 1 aliphatic rings. The average Bonchev–Trinajstić information content (AvgIpc) is 3.15. The van der Waals surface area contributed by atoms with Crippen LogP contribution in [-0.4, -0.2) is 0 Å². The highest BCUT2D eigenvalue weighted by Gasteiger charge is 2.39. The molecule has 2 nitrogen and oxygen atoms in total. The molecule has 0 heterocycles.